The number of piperidine rings is 1. The largest absolute Gasteiger partial charge is 0.492 e. The van der Waals surface area contributed by atoms with Crippen LogP contribution in [-0.2, 0) is 0 Å². The van der Waals surface area contributed by atoms with E-state index in [1.165, 1.54) is 12.8 Å². The Morgan fingerprint density at radius 1 is 1.43 bits per heavy atom. The fraction of sp³-hybridized carbons (Fsp3) is 0.611. The average Bonchev–Trinajstić information content (AvgIpc) is 2.56. The van der Waals surface area contributed by atoms with E-state index in [-0.39, 0.29) is 6.10 Å². The van der Waals surface area contributed by atoms with Crippen molar-refractivity contribution in [2.45, 2.75) is 25.9 Å². The maximum Gasteiger partial charge on any atom is 0.120 e. The van der Waals surface area contributed by atoms with Crippen molar-refractivity contribution in [1.82, 2.24) is 10.2 Å². The van der Waals surface area contributed by atoms with Crippen molar-refractivity contribution in [2.75, 3.05) is 39.3 Å². The number of β-amino-alcohol motifs (C(OH)–C–C–N with tert-alkyl or cyclic N) is 1. The van der Waals surface area contributed by atoms with Crippen molar-refractivity contribution in [3.63, 3.8) is 0 Å². The Labute approximate surface area is 138 Å². The van der Waals surface area contributed by atoms with Crippen molar-refractivity contribution in [3.8, 4) is 11.8 Å². The fourth-order valence-corrected chi connectivity index (χ4v) is 2.95. The first-order chi connectivity index (χ1) is 11.2. The minimum Gasteiger partial charge on any atom is -0.492 e. The first-order valence-corrected chi connectivity index (χ1v) is 8.41. The van der Waals surface area contributed by atoms with Gasteiger partial charge in [-0.1, -0.05) is 6.07 Å². The van der Waals surface area contributed by atoms with Crippen LogP contribution in [0.1, 0.15) is 25.3 Å². The zero-order valence-electron chi connectivity index (χ0n) is 13.9. The third kappa shape index (κ3) is 6.57. The lowest BCUT2D eigenvalue weighted by Crippen LogP contribution is -2.40. The molecule has 0 spiro atoms. The number of hydrogen-bond acceptors (Lipinski definition) is 5. The molecule has 1 aromatic carbocycles. The fourth-order valence-electron chi connectivity index (χ4n) is 2.95. The van der Waals surface area contributed by atoms with Gasteiger partial charge in [-0.3, -0.25) is 0 Å². The quantitative estimate of drug-likeness (QED) is 0.713. The molecular weight excluding hydrogens is 290 g/mol. The molecule has 2 N–H and O–H groups in total. The molecule has 1 aliphatic heterocycles. The number of aliphatic hydroxyl groups is 1. The predicted octanol–water partition coefficient (Wildman–Crippen LogP) is 1.62. The van der Waals surface area contributed by atoms with Gasteiger partial charge in [0.15, 0.2) is 0 Å². The van der Waals surface area contributed by atoms with Crippen molar-refractivity contribution in [3.05, 3.63) is 29.8 Å². The first kappa shape index (κ1) is 17.7. The van der Waals surface area contributed by atoms with E-state index >= 15 is 0 Å². The van der Waals surface area contributed by atoms with Gasteiger partial charge < -0.3 is 20.1 Å². The van der Waals surface area contributed by atoms with Crippen molar-refractivity contribution < 1.29 is 9.84 Å². The number of benzene rings is 1. The number of rotatable bonds is 8. The summed E-state index contributed by atoms with van der Waals surface area (Å²) in [7, 11) is 0. The normalized spacial score (nSPS) is 17.6. The number of nitriles is 1. The van der Waals surface area contributed by atoms with Gasteiger partial charge in [-0.2, -0.15) is 5.26 Å². The molecular formula is C18H27N3O2. The van der Waals surface area contributed by atoms with Gasteiger partial charge in [0.2, 0.25) is 0 Å². The molecule has 1 aliphatic rings. The number of likely N-dealkylation sites (tertiary alicyclic amines) is 1. The summed E-state index contributed by atoms with van der Waals surface area (Å²) in [6.45, 7) is 7.23. The SMILES string of the molecule is C[C@@H](O)CN1CCC(CNCCOc2cccc(C#N)c2)CC1. The molecule has 23 heavy (non-hydrogen) atoms. The average molecular weight is 317 g/mol. The number of ether oxygens (including phenoxy) is 1. The topological polar surface area (TPSA) is 68.5 Å². The lowest BCUT2D eigenvalue weighted by molar-refractivity contribution is 0.0996. The molecule has 0 unspecified atom stereocenters. The van der Waals surface area contributed by atoms with Crippen LogP contribution in [0.3, 0.4) is 0 Å². The Kier molecular flexibility index (Phi) is 7.34. The van der Waals surface area contributed by atoms with Crippen LogP contribution in [0.15, 0.2) is 24.3 Å². The summed E-state index contributed by atoms with van der Waals surface area (Å²) in [5, 5.41) is 21.7. The molecule has 1 aromatic rings. The van der Waals surface area contributed by atoms with Gasteiger partial charge in [0, 0.05) is 13.1 Å². The molecule has 0 saturated carbocycles. The molecule has 0 aromatic heterocycles. The van der Waals surface area contributed by atoms with Gasteiger partial charge in [0.25, 0.3) is 0 Å². The lowest BCUT2D eigenvalue weighted by atomic mass is 9.96. The van der Waals surface area contributed by atoms with E-state index in [4.69, 9.17) is 10.00 Å². The monoisotopic (exact) mass is 317 g/mol. The van der Waals surface area contributed by atoms with Crippen LogP contribution in [0.25, 0.3) is 0 Å². The van der Waals surface area contributed by atoms with Crippen molar-refractivity contribution >= 4 is 0 Å². The highest BCUT2D eigenvalue weighted by molar-refractivity contribution is 5.36. The van der Waals surface area contributed by atoms with E-state index < -0.39 is 0 Å². The Balaban J connectivity index is 1.55. The van der Waals surface area contributed by atoms with E-state index in [1.807, 2.05) is 19.1 Å². The number of hydrogen-bond donors (Lipinski definition) is 2. The molecule has 0 radical (unpaired) electrons. The van der Waals surface area contributed by atoms with Gasteiger partial charge in [-0.15, -0.1) is 0 Å². The van der Waals surface area contributed by atoms with E-state index in [2.05, 4.69) is 16.3 Å². The zero-order chi connectivity index (χ0) is 16.5. The van der Waals surface area contributed by atoms with Gasteiger partial charge in [-0.05, 0) is 63.5 Å². The second-order valence-electron chi connectivity index (χ2n) is 6.29. The number of nitrogens with one attached hydrogen (secondary N) is 1. The number of nitrogens with zero attached hydrogens (tertiary/aromatic N) is 2. The van der Waals surface area contributed by atoms with Crippen molar-refractivity contribution in [1.29, 1.82) is 5.26 Å². The van der Waals surface area contributed by atoms with Crippen LogP contribution in [0.4, 0.5) is 0 Å². The summed E-state index contributed by atoms with van der Waals surface area (Å²) in [4.78, 5) is 2.34. The highest BCUT2D eigenvalue weighted by Gasteiger charge is 2.19. The van der Waals surface area contributed by atoms with Crippen LogP contribution < -0.4 is 10.1 Å². The molecule has 2 rings (SSSR count). The minimum atomic E-state index is -0.235. The van der Waals surface area contributed by atoms with Gasteiger partial charge >= 0.3 is 0 Å². The van der Waals surface area contributed by atoms with E-state index in [0.717, 1.165) is 38.5 Å². The van der Waals surface area contributed by atoms with Crippen LogP contribution in [-0.4, -0.2) is 55.4 Å². The Morgan fingerprint density at radius 2 is 2.22 bits per heavy atom. The molecule has 1 heterocycles. The summed E-state index contributed by atoms with van der Waals surface area (Å²) >= 11 is 0. The zero-order valence-corrected chi connectivity index (χ0v) is 13.9. The first-order valence-electron chi connectivity index (χ1n) is 8.41. The van der Waals surface area contributed by atoms with Gasteiger partial charge in [-0.25, -0.2) is 0 Å². The van der Waals surface area contributed by atoms with Crippen LogP contribution in [0.5, 0.6) is 5.75 Å². The summed E-state index contributed by atoms with van der Waals surface area (Å²) in [6.07, 6.45) is 2.14. The molecule has 1 atom stereocenters. The number of aliphatic hydroxyl groups excluding tert-OH is 1. The molecule has 5 heteroatoms. The maximum atomic E-state index is 9.41. The Morgan fingerprint density at radius 3 is 2.91 bits per heavy atom. The Bertz CT molecular complexity index is 505. The molecule has 0 amide bonds. The molecule has 0 aliphatic carbocycles. The highest BCUT2D eigenvalue weighted by atomic mass is 16.5. The van der Waals surface area contributed by atoms with Gasteiger partial charge in [0.1, 0.15) is 12.4 Å². The van der Waals surface area contributed by atoms with E-state index in [0.29, 0.717) is 18.1 Å². The summed E-state index contributed by atoms with van der Waals surface area (Å²) in [5.41, 5.74) is 0.624. The minimum absolute atomic E-state index is 0.235. The summed E-state index contributed by atoms with van der Waals surface area (Å²) in [5.74, 6) is 1.46. The smallest absolute Gasteiger partial charge is 0.120 e. The lowest BCUT2D eigenvalue weighted by Gasteiger charge is -2.32. The third-order valence-electron chi connectivity index (χ3n) is 4.17. The molecule has 5 nitrogen and oxygen atoms in total. The predicted molar refractivity (Wildman–Crippen MR) is 90.4 cm³/mol. The molecule has 126 valence electrons. The van der Waals surface area contributed by atoms with Crippen LogP contribution in [0.2, 0.25) is 0 Å². The molecule has 1 fully saturated rings. The van der Waals surface area contributed by atoms with Crippen molar-refractivity contribution in [2.24, 2.45) is 5.92 Å². The van der Waals surface area contributed by atoms with Gasteiger partial charge in [0.05, 0.1) is 17.7 Å². The second-order valence-corrected chi connectivity index (χ2v) is 6.29. The van der Waals surface area contributed by atoms with E-state index in [1.54, 1.807) is 12.1 Å². The van der Waals surface area contributed by atoms with Crippen LogP contribution >= 0.6 is 0 Å². The maximum absolute atomic E-state index is 9.41. The Hall–Kier alpha value is -1.61. The standard InChI is InChI=1S/C18H27N3O2/c1-15(22)14-21-8-5-16(6-9-21)13-20-7-10-23-18-4-2-3-17(11-18)12-19/h2-4,11,15-16,20,22H,5-10,13-14H2,1H3/t15-/m1/s1. The summed E-state index contributed by atoms with van der Waals surface area (Å²) in [6, 6.07) is 9.36. The van der Waals surface area contributed by atoms with Crippen LogP contribution in [0, 0.1) is 17.2 Å². The molecule has 1 saturated heterocycles. The van der Waals surface area contributed by atoms with E-state index in [9.17, 15) is 5.11 Å². The third-order valence-corrected chi connectivity index (χ3v) is 4.17. The second kappa shape index (κ2) is 9.51. The summed E-state index contributed by atoms with van der Waals surface area (Å²) < 4.78 is 5.65. The highest BCUT2D eigenvalue weighted by Crippen LogP contribution is 2.16. The molecule has 0 bridgehead atoms.